The lowest BCUT2D eigenvalue weighted by atomic mass is 10.1. The van der Waals surface area contributed by atoms with E-state index in [4.69, 9.17) is 0 Å². The second-order valence-electron chi connectivity index (χ2n) is 6.70. The number of nitrogens with zero attached hydrogens (tertiary/aromatic N) is 2. The lowest BCUT2D eigenvalue weighted by Crippen LogP contribution is -2.31. The zero-order chi connectivity index (χ0) is 17.2. The van der Waals surface area contributed by atoms with E-state index in [1.807, 2.05) is 0 Å². The van der Waals surface area contributed by atoms with Crippen molar-refractivity contribution in [3.63, 3.8) is 0 Å². The topological polar surface area (TPSA) is 8.81 Å². The highest BCUT2D eigenvalue weighted by Gasteiger charge is 2.22. The predicted molar refractivity (Wildman–Crippen MR) is 105 cm³/mol. The van der Waals surface area contributed by atoms with Gasteiger partial charge in [-0.3, -0.25) is 0 Å². The van der Waals surface area contributed by atoms with E-state index in [0.717, 1.165) is 6.54 Å². The highest BCUT2D eigenvalue weighted by atomic mass is 15.2. The monoisotopic (exact) mass is 327 g/mol. The minimum Gasteiger partial charge on any atom is -0.226 e. The van der Waals surface area contributed by atoms with Gasteiger partial charge in [0.15, 0.2) is 11.0 Å². The highest BCUT2D eigenvalue weighted by Crippen LogP contribution is 2.20. The highest BCUT2D eigenvalue weighted by molar-refractivity contribution is 5.76. The summed E-state index contributed by atoms with van der Waals surface area (Å²) in [5.74, 6) is 1.68. The van der Waals surface area contributed by atoms with Crippen LogP contribution in [-0.2, 0) is 13.6 Å². The molecule has 0 radical (unpaired) electrons. The van der Waals surface area contributed by atoms with Gasteiger partial charge < -0.3 is 0 Å². The molecule has 2 nitrogen and oxygen atoms in total. The van der Waals surface area contributed by atoms with Gasteiger partial charge in [-0.2, -0.15) is 0 Å². The normalized spacial score (nSPS) is 14.3. The Hall–Kier alpha value is -2.87. The number of allylic oxidation sites excluding steroid dienone is 4. The van der Waals surface area contributed by atoms with Crippen LogP contribution in [0.2, 0.25) is 0 Å². The number of hydrogen-bond acceptors (Lipinski definition) is 0. The van der Waals surface area contributed by atoms with Gasteiger partial charge >= 0.3 is 0 Å². The van der Waals surface area contributed by atoms with Crippen molar-refractivity contribution in [2.24, 2.45) is 13.0 Å². The average molecular weight is 327 g/mol. The van der Waals surface area contributed by atoms with E-state index in [2.05, 4.69) is 108 Å². The van der Waals surface area contributed by atoms with Gasteiger partial charge in [-0.25, -0.2) is 9.13 Å². The third kappa shape index (κ3) is 3.08. The summed E-state index contributed by atoms with van der Waals surface area (Å²) in [5.41, 5.74) is 5.06. The number of para-hydroxylation sites is 2. The van der Waals surface area contributed by atoms with Crippen molar-refractivity contribution in [1.82, 2.24) is 4.57 Å². The summed E-state index contributed by atoms with van der Waals surface area (Å²) in [6, 6.07) is 17.2. The van der Waals surface area contributed by atoms with Crippen molar-refractivity contribution in [1.29, 1.82) is 0 Å². The molecule has 1 aliphatic carbocycles. The van der Waals surface area contributed by atoms with Crippen molar-refractivity contribution < 1.29 is 4.57 Å². The van der Waals surface area contributed by atoms with Gasteiger partial charge in [-0.15, -0.1) is 0 Å². The first-order valence-corrected chi connectivity index (χ1v) is 8.79. The Labute approximate surface area is 149 Å². The molecule has 0 atom stereocenters. The summed E-state index contributed by atoms with van der Waals surface area (Å²) in [6.45, 7) is 3.09. The number of aryl methyl sites for hydroxylation is 2. The molecular weight excluding hydrogens is 304 g/mol. The van der Waals surface area contributed by atoms with Crippen LogP contribution < -0.4 is 4.57 Å². The second-order valence-corrected chi connectivity index (χ2v) is 6.70. The molecular formula is C23H23N2+. The summed E-state index contributed by atoms with van der Waals surface area (Å²) in [7, 11) is 2.15. The Bertz CT molecular complexity index is 990. The molecule has 0 spiro atoms. The van der Waals surface area contributed by atoms with E-state index in [9.17, 15) is 0 Å². The van der Waals surface area contributed by atoms with Crippen molar-refractivity contribution in [2.45, 2.75) is 13.5 Å². The Morgan fingerprint density at radius 3 is 2.60 bits per heavy atom. The van der Waals surface area contributed by atoms with Crippen LogP contribution in [0.15, 0.2) is 72.8 Å². The van der Waals surface area contributed by atoms with Crippen molar-refractivity contribution in [3.8, 4) is 0 Å². The molecule has 1 heterocycles. The van der Waals surface area contributed by atoms with Crippen LogP contribution in [0.25, 0.3) is 23.2 Å². The zero-order valence-electron chi connectivity index (χ0n) is 14.8. The maximum atomic E-state index is 2.42. The molecule has 3 aromatic rings. The van der Waals surface area contributed by atoms with Gasteiger partial charge in [0.05, 0.1) is 7.05 Å². The van der Waals surface area contributed by atoms with Crippen LogP contribution in [-0.4, -0.2) is 4.57 Å². The van der Waals surface area contributed by atoms with Crippen LogP contribution in [0.1, 0.15) is 17.0 Å². The van der Waals surface area contributed by atoms with Crippen LogP contribution >= 0.6 is 0 Å². The van der Waals surface area contributed by atoms with Gasteiger partial charge in [0.1, 0.15) is 6.54 Å². The van der Waals surface area contributed by atoms with Crippen molar-refractivity contribution in [3.05, 3.63) is 89.8 Å². The first-order chi connectivity index (χ1) is 12.2. The van der Waals surface area contributed by atoms with E-state index in [1.54, 1.807) is 0 Å². The van der Waals surface area contributed by atoms with Gasteiger partial charge in [0.25, 0.3) is 5.82 Å². The zero-order valence-corrected chi connectivity index (χ0v) is 14.8. The number of hydrogen-bond donors (Lipinski definition) is 0. The Balaban J connectivity index is 1.79. The molecule has 1 aromatic heterocycles. The first-order valence-electron chi connectivity index (χ1n) is 8.79. The summed E-state index contributed by atoms with van der Waals surface area (Å²) in [5, 5.41) is 0. The number of rotatable bonds is 4. The van der Waals surface area contributed by atoms with Gasteiger partial charge in [-0.1, -0.05) is 66.3 Å². The fraction of sp³-hybridized carbons (Fsp3) is 0.174. The van der Waals surface area contributed by atoms with E-state index in [1.165, 1.54) is 28.0 Å². The average Bonchev–Trinajstić information content (AvgIpc) is 3.22. The fourth-order valence-electron chi connectivity index (χ4n) is 3.55. The largest absolute Gasteiger partial charge is 0.282 e. The van der Waals surface area contributed by atoms with E-state index < -0.39 is 0 Å². The minimum absolute atomic E-state index is 0.460. The van der Waals surface area contributed by atoms with Crippen molar-refractivity contribution in [2.75, 3.05) is 0 Å². The Morgan fingerprint density at radius 1 is 1.00 bits per heavy atom. The summed E-state index contributed by atoms with van der Waals surface area (Å²) in [4.78, 5) is 0. The Kier molecular flexibility index (Phi) is 4.10. The molecule has 0 fully saturated rings. The third-order valence-electron chi connectivity index (χ3n) is 4.84. The lowest BCUT2D eigenvalue weighted by Gasteiger charge is -2.04. The lowest BCUT2D eigenvalue weighted by molar-refractivity contribution is -0.647. The van der Waals surface area contributed by atoms with E-state index >= 15 is 0 Å². The standard InChI is InChI=1S/C23H23N2/c1-18-8-7-11-19(16-18)14-15-23-24(2)21-12-5-6-13-22(21)25(23)17-20-9-3-4-10-20/h3-16,20H,17H2,1-2H3/q+1/b15-14+. The van der Waals surface area contributed by atoms with Crippen LogP contribution in [0.3, 0.4) is 0 Å². The molecule has 4 rings (SSSR count). The van der Waals surface area contributed by atoms with Gasteiger partial charge in [0.2, 0.25) is 0 Å². The van der Waals surface area contributed by atoms with Crippen LogP contribution in [0.4, 0.5) is 0 Å². The van der Waals surface area contributed by atoms with Crippen LogP contribution in [0.5, 0.6) is 0 Å². The quantitative estimate of drug-likeness (QED) is 0.615. The fourth-order valence-corrected chi connectivity index (χ4v) is 3.55. The van der Waals surface area contributed by atoms with Gasteiger partial charge in [0, 0.05) is 12.0 Å². The Morgan fingerprint density at radius 2 is 1.80 bits per heavy atom. The molecule has 25 heavy (non-hydrogen) atoms. The molecule has 2 aromatic carbocycles. The van der Waals surface area contributed by atoms with E-state index in [0.29, 0.717) is 5.92 Å². The van der Waals surface area contributed by atoms with Crippen molar-refractivity contribution >= 4 is 23.2 Å². The van der Waals surface area contributed by atoms with Gasteiger partial charge in [-0.05, 0) is 30.7 Å². The maximum absolute atomic E-state index is 2.42. The maximum Gasteiger partial charge on any atom is 0.282 e. The number of aromatic nitrogens is 2. The SMILES string of the molecule is Cc1cccc(/C=C/c2n(CC3C=CC=C3)c3ccccc3[n+]2C)c1. The smallest absolute Gasteiger partial charge is 0.226 e. The molecule has 0 N–H and O–H groups in total. The molecule has 0 unspecified atom stereocenters. The summed E-state index contributed by atoms with van der Waals surface area (Å²) in [6.07, 6.45) is 13.2. The van der Waals surface area contributed by atoms with E-state index in [-0.39, 0.29) is 0 Å². The summed E-state index contributed by atoms with van der Waals surface area (Å²) >= 11 is 0. The molecule has 0 saturated heterocycles. The second kappa shape index (κ2) is 6.56. The molecule has 2 heteroatoms. The molecule has 0 bridgehead atoms. The minimum atomic E-state index is 0.460. The molecule has 0 saturated carbocycles. The number of fused-ring (bicyclic) bond motifs is 1. The predicted octanol–water partition coefficient (Wildman–Crippen LogP) is 4.69. The summed E-state index contributed by atoms with van der Waals surface area (Å²) < 4.78 is 4.70. The number of imidazole rings is 1. The molecule has 1 aliphatic rings. The third-order valence-corrected chi connectivity index (χ3v) is 4.84. The molecule has 0 aliphatic heterocycles. The van der Waals surface area contributed by atoms with Crippen LogP contribution in [0, 0.1) is 12.8 Å². The number of benzene rings is 2. The first kappa shape index (κ1) is 15.6. The molecule has 124 valence electrons. The molecule has 0 amide bonds.